The van der Waals surface area contributed by atoms with Crippen LogP contribution in [0, 0.1) is 5.92 Å². The van der Waals surface area contributed by atoms with Gasteiger partial charge in [0.1, 0.15) is 11.2 Å². The van der Waals surface area contributed by atoms with E-state index in [2.05, 4.69) is 6.07 Å². The summed E-state index contributed by atoms with van der Waals surface area (Å²) in [5.41, 5.74) is 2.19. The number of carbonyl (C=O) groups excluding carboxylic acids is 2. The molecule has 0 spiro atoms. The number of amides is 2. The number of likely N-dealkylation sites (tertiary alicyclic amines) is 2. The van der Waals surface area contributed by atoms with E-state index in [4.69, 9.17) is 9.47 Å². The van der Waals surface area contributed by atoms with Crippen LogP contribution in [0.25, 0.3) is 11.1 Å². The van der Waals surface area contributed by atoms with Crippen molar-refractivity contribution in [3.8, 4) is 11.1 Å². The van der Waals surface area contributed by atoms with Crippen LogP contribution in [-0.2, 0) is 14.3 Å². The maximum Gasteiger partial charge on any atom is 0.410 e. The van der Waals surface area contributed by atoms with E-state index in [9.17, 15) is 19.5 Å². The first-order valence-electron chi connectivity index (χ1n) is 14.7. The summed E-state index contributed by atoms with van der Waals surface area (Å²) >= 11 is 0. The van der Waals surface area contributed by atoms with Crippen LogP contribution in [0.2, 0.25) is 0 Å². The van der Waals surface area contributed by atoms with Crippen LogP contribution in [0.3, 0.4) is 0 Å². The second-order valence-electron chi connectivity index (χ2n) is 13.1. The molecule has 2 heterocycles. The van der Waals surface area contributed by atoms with Crippen molar-refractivity contribution in [2.24, 2.45) is 5.92 Å². The van der Waals surface area contributed by atoms with Gasteiger partial charge in [0, 0.05) is 13.1 Å². The normalized spacial score (nSPS) is 21.8. The monoisotopic (exact) mass is 564 g/mol. The number of aliphatic carboxylic acids is 1. The van der Waals surface area contributed by atoms with E-state index < -0.39 is 35.2 Å². The second-order valence-corrected chi connectivity index (χ2v) is 13.1. The molecule has 0 bridgehead atoms. The van der Waals surface area contributed by atoms with Gasteiger partial charge in [-0.15, -0.1) is 0 Å². The Labute approximate surface area is 243 Å². The molecule has 2 saturated heterocycles. The van der Waals surface area contributed by atoms with Gasteiger partial charge >= 0.3 is 18.2 Å². The zero-order valence-electron chi connectivity index (χ0n) is 25.2. The van der Waals surface area contributed by atoms with Gasteiger partial charge in [-0.2, -0.15) is 0 Å². The highest BCUT2D eigenvalue weighted by molar-refractivity contribution is 5.76. The van der Waals surface area contributed by atoms with E-state index in [0.29, 0.717) is 32.4 Å². The number of carboxylic acids is 1. The van der Waals surface area contributed by atoms with E-state index in [1.54, 1.807) is 30.6 Å². The van der Waals surface area contributed by atoms with Gasteiger partial charge in [0.25, 0.3) is 0 Å². The van der Waals surface area contributed by atoms with E-state index in [1.807, 2.05) is 63.2 Å². The van der Waals surface area contributed by atoms with E-state index in [1.165, 1.54) is 0 Å². The van der Waals surface area contributed by atoms with Gasteiger partial charge in [0.15, 0.2) is 0 Å². The zero-order chi connectivity index (χ0) is 29.9. The largest absolute Gasteiger partial charge is 0.481 e. The minimum absolute atomic E-state index is 0.325. The minimum atomic E-state index is -0.950. The van der Waals surface area contributed by atoms with Crippen LogP contribution >= 0.6 is 0 Å². The number of hydrogen-bond donors (Lipinski definition) is 1. The highest BCUT2D eigenvalue weighted by Gasteiger charge is 2.44. The number of rotatable bonds is 4. The van der Waals surface area contributed by atoms with Crippen LogP contribution in [-0.4, -0.2) is 57.4 Å². The summed E-state index contributed by atoms with van der Waals surface area (Å²) < 4.78 is 11.6. The summed E-state index contributed by atoms with van der Waals surface area (Å²) in [5, 5.41) is 10.3. The van der Waals surface area contributed by atoms with Gasteiger partial charge in [0.2, 0.25) is 0 Å². The Morgan fingerprint density at radius 3 is 1.95 bits per heavy atom. The first-order chi connectivity index (χ1) is 19.2. The van der Waals surface area contributed by atoms with E-state index in [-0.39, 0.29) is 12.1 Å². The Balaban J connectivity index is 1.88. The maximum atomic E-state index is 13.5. The maximum absolute atomic E-state index is 13.5. The van der Waals surface area contributed by atoms with Crippen molar-refractivity contribution >= 4 is 18.2 Å². The third-order valence-corrected chi connectivity index (χ3v) is 7.58. The SMILES string of the molecule is CC(C)(C)OC(=O)N1CCCCC1c1cc(-c2ccccc2)ccc1C1C(C(=O)O)CCCN1C(=O)OC(C)(C)C. The van der Waals surface area contributed by atoms with Crippen molar-refractivity contribution in [3.05, 3.63) is 59.7 Å². The third kappa shape index (κ3) is 7.40. The van der Waals surface area contributed by atoms with Crippen molar-refractivity contribution < 1.29 is 29.0 Å². The average molecular weight is 565 g/mol. The average Bonchev–Trinajstić information content (AvgIpc) is 2.91. The predicted molar refractivity (Wildman–Crippen MR) is 157 cm³/mol. The zero-order valence-corrected chi connectivity index (χ0v) is 25.2. The highest BCUT2D eigenvalue weighted by Crippen LogP contribution is 2.44. The topological polar surface area (TPSA) is 96.4 Å². The minimum Gasteiger partial charge on any atom is -0.481 e. The van der Waals surface area contributed by atoms with Crippen LogP contribution in [0.1, 0.15) is 96.9 Å². The lowest BCUT2D eigenvalue weighted by atomic mass is 9.79. The summed E-state index contributed by atoms with van der Waals surface area (Å²) in [4.78, 5) is 43.0. The number of nitrogens with zero attached hydrogens (tertiary/aromatic N) is 2. The first-order valence-corrected chi connectivity index (χ1v) is 14.7. The van der Waals surface area contributed by atoms with Crippen molar-refractivity contribution in [2.75, 3.05) is 13.1 Å². The van der Waals surface area contributed by atoms with Gasteiger partial charge < -0.3 is 24.4 Å². The standard InChI is InChI=1S/C33H44N2O6/c1-32(2,3)40-30(38)34-19-11-10-16-27(34)26-21-23(22-13-8-7-9-14-22)17-18-24(26)28-25(29(36)37)15-12-20-35(28)31(39)41-33(4,5)6/h7-9,13-14,17-18,21,25,27-28H,10-12,15-16,19-20H2,1-6H3,(H,36,37). The quantitative estimate of drug-likeness (QED) is 0.411. The van der Waals surface area contributed by atoms with E-state index in [0.717, 1.165) is 35.1 Å². The molecule has 2 aliphatic rings. The molecule has 2 aromatic carbocycles. The molecule has 222 valence electrons. The molecule has 2 fully saturated rings. The fourth-order valence-electron chi connectivity index (χ4n) is 5.90. The van der Waals surface area contributed by atoms with Gasteiger partial charge in [-0.1, -0.05) is 42.5 Å². The Bertz CT molecular complexity index is 1250. The van der Waals surface area contributed by atoms with E-state index >= 15 is 0 Å². The molecule has 2 aromatic rings. The lowest BCUT2D eigenvalue weighted by Gasteiger charge is -2.43. The molecule has 8 heteroatoms. The van der Waals surface area contributed by atoms with Crippen LogP contribution in [0.5, 0.6) is 0 Å². The molecular formula is C33H44N2O6. The summed E-state index contributed by atoms with van der Waals surface area (Å²) in [7, 11) is 0. The number of carbonyl (C=O) groups is 3. The fourth-order valence-corrected chi connectivity index (χ4v) is 5.90. The molecule has 3 atom stereocenters. The predicted octanol–water partition coefficient (Wildman–Crippen LogP) is 7.59. The Morgan fingerprint density at radius 2 is 1.34 bits per heavy atom. The molecule has 0 aromatic heterocycles. The Kier molecular flexibility index (Phi) is 9.00. The lowest BCUT2D eigenvalue weighted by Crippen LogP contribution is -2.48. The van der Waals surface area contributed by atoms with Crippen molar-refractivity contribution in [1.29, 1.82) is 0 Å². The van der Waals surface area contributed by atoms with Gasteiger partial charge in [-0.3, -0.25) is 4.79 Å². The number of benzene rings is 2. The fraction of sp³-hybridized carbons (Fsp3) is 0.545. The molecule has 0 saturated carbocycles. The summed E-state index contributed by atoms with van der Waals surface area (Å²) in [6.07, 6.45) is 2.58. The van der Waals surface area contributed by atoms with Gasteiger partial charge in [-0.25, -0.2) is 9.59 Å². The first kappa shape index (κ1) is 30.4. The molecule has 0 aliphatic carbocycles. The van der Waals surface area contributed by atoms with Crippen LogP contribution in [0.4, 0.5) is 9.59 Å². The Hall–Kier alpha value is -3.55. The molecule has 0 radical (unpaired) electrons. The smallest absolute Gasteiger partial charge is 0.410 e. The Morgan fingerprint density at radius 1 is 0.732 bits per heavy atom. The number of piperidine rings is 2. The lowest BCUT2D eigenvalue weighted by molar-refractivity contribution is -0.146. The molecule has 2 aliphatic heterocycles. The number of carboxylic acid groups (broad SMARTS) is 1. The van der Waals surface area contributed by atoms with Gasteiger partial charge in [-0.05, 0) is 102 Å². The molecule has 2 amide bonds. The summed E-state index contributed by atoms with van der Waals surface area (Å²) in [6, 6.07) is 14.9. The van der Waals surface area contributed by atoms with Crippen LogP contribution < -0.4 is 0 Å². The number of ether oxygens (including phenoxy) is 2. The molecular weight excluding hydrogens is 520 g/mol. The van der Waals surface area contributed by atoms with Crippen molar-refractivity contribution in [2.45, 2.75) is 96.9 Å². The third-order valence-electron chi connectivity index (χ3n) is 7.58. The number of hydrogen-bond acceptors (Lipinski definition) is 5. The molecule has 3 unspecified atom stereocenters. The second kappa shape index (κ2) is 12.1. The molecule has 1 N–H and O–H groups in total. The molecule has 8 nitrogen and oxygen atoms in total. The molecule has 4 rings (SSSR count). The summed E-state index contributed by atoms with van der Waals surface area (Å²) in [5.74, 6) is -1.76. The van der Waals surface area contributed by atoms with Crippen molar-refractivity contribution in [3.63, 3.8) is 0 Å². The molecule has 41 heavy (non-hydrogen) atoms. The van der Waals surface area contributed by atoms with Crippen LogP contribution in [0.15, 0.2) is 48.5 Å². The van der Waals surface area contributed by atoms with Crippen molar-refractivity contribution in [1.82, 2.24) is 9.80 Å². The summed E-state index contributed by atoms with van der Waals surface area (Å²) in [6.45, 7) is 11.9. The highest BCUT2D eigenvalue weighted by atomic mass is 16.6. The van der Waals surface area contributed by atoms with Gasteiger partial charge in [0.05, 0.1) is 18.0 Å².